The summed E-state index contributed by atoms with van der Waals surface area (Å²) in [6.45, 7) is 2.66. The molecular formula is C17H19F3N4O. The van der Waals surface area contributed by atoms with E-state index in [1.807, 2.05) is 6.92 Å². The molecule has 0 bridgehead atoms. The average molecular weight is 352 g/mol. The van der Waals surface area contributed by atoms with E-state index in [2.05, 4.69) is 15.5 Å². The largest absolute Gasteiger partial charge is 0.416 e. The van der Waals surface area contributed by atoms with Crippen molar-refractivity contribution in [1.82, 2.24) is 15.1 Å². The van der Waals surface area contributed by atoms with E-state index in [0.29, 0.717) is 6.54 Å². The van der Waals surface area contributed by atoms with E-state index in [1.54, 1.807) is 11.9 Å². The number of nitrogens with zero attached hydrogens (tertiary/aromatic N) is 3. The lowest BCUT2D eigenvalue weighted by atomic mass is 10.2. The lowest BCUT2D eigenvalue weighted by molar-refractivity contribution is -0.137. The minimum atomic E-state index is -4.41. The normalized spacial score (nSPS) is 11.2. The molecule has 2 aromatic rings. The molecule has 5 nitrogen and oxygen atoms in total. The van der Waals surface area contributed by atoms with Gasteiger partial charge in [-0.2, -0.15) is 13.2 Å². The fraction of sp³-hybridized carbons (Fsp3) is 0.353. The number of unbranched alkanes of at least 4 members (excludes halogenated alkanes) is 1. The maximum atomic E-state index is 12.7. The van der Waals surface area contributed by atoms with Crippen LogP contribution < -0.4 is 5.32 Å². The molecule has 0 atom stereocenters. The van der Waals surface area contributed by atoms with E-state index in [4.69, 9.17) is 0 Å². The minimum absolute atomic E-state index is 0.188. The molecular weight excluding hydrogens is 333 g/mol. The van der Waals surface area contributed by atoms with Gasteiger partial charge in [-0.3, -0.25) is 4.79 Å². The Bertz CT molecular complexity index is 717. The molecule has 1 amide bonds. The van der Waals surface area contributed by atoms with Gasteiger partial charge in [0.2, 0.25) is 0 Å². The molecule has 2 rings (SSSR count). The molecule has 0 aliphatic heterocycles. The summed E-state index contributed by atoms with van der Waals surface area (Å²) in [5.74, 6) is 0.0126. The van der Waals surface area contributed by atoms with Crippen LogP contribution in [0.15, 0.2) is 36.4 Å². The SMILES string of the molecule is CCCCN(C)C(=O)c1ccc(Nc2cccc(C(F)(F)F)c2)nn1. The van der Waals surface area contributed by atoms with Gasteiger partial charge in [0, 0.05) is 19.3 Å². The van der Waals surface area contributed by atoms with Crippen molar-refractivity contribution >= 4 is 17.4 Å². The maximum Gasteiger partial charge on any atom is 0.416 e. The van der Waals surface area contributed by atoms with Crippen LogP contribution in [-0.2, 0) is 6.18 Å². The van der Waals surface area contributed by atoms with E-state index in [1.165, 1.54) is 24.3 Å². The van der Waals surface area contributed by atoms with Gasteiger partial charge in [-0.25, -0.2) is 0 Å². The zero-order chi connectivity index (χ0) is 18.4. The second-order valence-corrected chi connectivity index (χ2v) is 5.59. The summed E-state index contributed by atoms with van der Waals surface area (Å²) >= 11 is 0. The molecule has 25 heavy (non-hydrogen) atoms. The number of carbonyl (C=O) groups is 1. The van der Waals surface area contributed by atoms with Crippen LogP contribution in [0.25, 0.3) is 0 Å². The molecule has 0 saturated heterocycles. The third-order valence-electron chi connectivity index (χ3n) is 3.54. The molecule has 1 N–H and O–H groups in total. The molecule has 0 radical (unpaired) electrons. The third kappa shape index (κ3) is 5.17. The summed E-state index contributed by atoms with van der Waals surface area (Å²) in [5, 5.41) is 10.5. The lowest BCUT2D eigenvalue weighted by Crippen LogP contribution is -2.28. The number of benzene rings is 1. The number of anilines is 2. The summed E-state index contributed by atoms with van der Waals surface area (Å²) < 4.78 is 38.1. The molecule has 134 valence electrons. The van der Waals surface area contributed by atoms with Gasteiger partial charge in [0.05, 0.1) is 5.56 Å². The summed E-state index contributed by atoms with van der Waals surface area (Å²) in [7, 11) is 1.69. The van der Waals surface area contributed by atoms with E-state index in [-0.39, 0.29) is 23.1 Å². The van der Waals surface area contributed by atoms with Gasteiger partial charge in [0.15, 0.2) is 11.5 Å². The highest BCUT2D eigenvalue weighted by Gasteiger charge is 2.30. The van der Waals surface area contributed by atoms with Crippen LogP contribution in [0.1, 0.15) is 35.8 Å². The summed E-state index contributed by atoms with van der Waals surface area (Å²) in [6, 6.07) is 7.78. The Hall–Kier alpha value is -2.64. The molecule has 0 aliphatic rings. The molecule has 1 heterocycles. The Morgan fingerprint density at radius 2 is 1.96 bits per heavy atom. The topological polar surface area (TPSA) is 58.1 Å². The average Bonchev–Trinajstić information content (AvgIpc) is 2.59. The zero-order valence-corrected chi connectivity index (χ0v) is 14.0. The second kappa shape index (κ2) is 7.96. The van der Waals surface area contributed by atoms with Crippen LogP contribution in [0.2, 0.25) is 0 Å². The predicted octanol–water partition coefficient (Wildman–Crippen LogP) is 4.11. The first-order valence-electron chi connectivity index (χ1n) is 7.84. The van der Waals surface area contributed by atoms with E-state index < -0.39 is 11.7 Å². The summed E-state index contributed by atoms with van der Waals surface area (Å²) in [6.07, 6.45) is -2.54. The zero-order valence-electron chi connectivity index (χ0n) is 14.0. The Balaban J connectivity index is 2.07. The summed E-state index contributed by atoms with van der Waals surface area (Å²) in [4.78, 5) is 13.7. The number of aromatic nitrogens is 2. The van der Waals surface area contributed by atoms with Crippen molar-refractivity contribution in [2.45, 2.75) is 25.9 Å². The standard InChI is InChI=1S/C17H19F3N4O/c1-3-4-10-24(2)16(25)14-8-9-15(23-22-14)21-13-7-5-6-12(11-13)17(18,19)20/h5-9,11H,3-4,10H2,1-2H3,(H,21,23). The molecule has 0 unspecified atom stereocenters. The Morgan fingerprint density at radius 1 is 1.20 bits per heavy atom. The van der Waals surface area contributed by atoms with Crippen LogP contribution in [-0.4, -0.2) is 34.6 Å². The lowest BCUT2D eigenvalue weighted by Gasteiger charge is -2.15. The van der Waals surface area contributed by atoms with Crippen molar-refractivity contribution in [3.8, 4) is 0 Å². The third-order valence-corrected chi connectivity index (χ3v) is 3.54. The van der Waals surface area contributed by atoms with Crippen molar-refractivity contribution in [3.05, 3.63) is 47.7 Å². The monoisotopic (exact) mass is 352 g/mol. The van der Waals surface area contributed by atoms with Gasteiger partial charge in [-0.1, -0.05) is 19.4 Å². The predicted molar refractivity (Wildman–Crippen MR) is 88.6 cm³/mol. The molecule has 8 heteroatoms. The van der Waals surface area contributed by atoms with Crippen molar-refractivity contribution in [2.75, 3.05) is 18.9 Å². The Kier molecular flexibility index (Phi) is 5.95. The number of nitrogens with one attached hydrogen (secondary N) is 1. The van der Waals surface area contributed by atoms with E-state index >= 15 is 0 Å². The molecule has 0 saturated carbocycles. The highest BCUT2D eigenvalue weighted by Crippen LogP contribution is 2.31. The number of hydrogen-bond acceptors (Lipinski definition) is 4. The molecule has 1 aromatic heterocycles. The van der Waals surface area contributed by atoms with Crippen LogP contribution in [0.3, 0.4) is 0 Å². The van der Waals surface area contributed by atoms with Crippen molar-refractivity contribution in [3.63, 3.8) is 0 Å². The van der Waals surface area contributed by atoms with Crippen LogP contribution in [0.4, 0.5) is 24.7 Å². The smallest absolute Gasteiger partial charge is 0.340 e. The first-order chi connectivity index (χ1) is 11.8. The quantitative estimate of drug-likeness (QED) is 0.850. The number of amides is 1. The molecule has 0 fully saturated rings. The van der Waals surface area contributed by atoms with Crippen LogP contribution >= 0.6 is 0 Å². The number of carbonyl (C=O) groups excluding carboxylic acids is 1. The van der Waals surface area contributed by atoms with E-state index in [9.17, 15) is 18.0 Å². The Morgan fingerprint density at radius 3 is 2.56 bits per heavy atom. The minimum Gasteiger partial charge on any atom is -0.340 e. The van der Waals surface area contributed by atoms with Gasteiger partial charge in [0.25, 0.3) is 5.91 Å². The van der Waals surface area contributed by atoms with Gasteiger partial charge < -0.3 is 10.2 Å². The molecule has 0 aliphatic carbocycles. The fourth-order valence-electron chi connectivity index (χ4n) is 2.13. The molecule has 1 aromatic carbocycles. The van der Waals surface area contributed by atoms with Gasteiger partial charge >= 0.3 is 6.18 Å². The summed E-state index contributed by atoms with van der Waals surface area (Å²) in [5.41, 5.74) is -0.328. The number of hydrogen-bond donors (Lipinski definition) is 1. The van der Waals surface area contributed by atoms with Crippen molar-refractivity contribution < 1.29 is 18.0 Å². The van der Waals surface area contributed by atoms with Gasteiger partial charge in [-0.15, -0.1) is 10.2 Å². The first-order valence-corrected chi connectivity index (χ1v) is 7.84. The number of alkyl halides is 3. The number of rotatable bonds is 6. The fourth-order valence-corrected chi connectivity index (χ4v) is 2.13. The maximum absolute atomic E-state index is 12.7. The first kappa shape index (κ1) is 18.7. The van der Waals surface area contributed by atoms with Crippen LogP contribution in [0.5, 0.6) is 0 Å². The van der Waals surface area contributed by atoms with Crippen LogP contribution in [0, 0.1) is 0 Å². The second-order valence-electron chi connectivity index (χ2n) is 5.59. The van der Waals surface area contributed by atoms with E-state index in [0.717, 1.165) is 25.0 Å². The Labute approximate surface area is 143 Å². The highest BCUT2D eigenvalue weighted by molar-refractivity contribution is 5.92. The molecule has 0 spiro atoms. The number of halogens is 3. The van der Waals surface area contributed by atoms with Gasteiger partial charge in [0.1, 0.15) is 0 Å². The van der Waals surface area contributed by atoms with Crippen molar-refractivity contribution in [1.29, 1.82) is 0 Å². The van der Waals surface area contributed by atoms with Crippen molar-refractivity contribution in [2.24, 2.45) is 0 Å². The van der Waals surface area contributed by atoms with Gasteiger partial charge in [-0.05, 0) is 36.8 Å². The highest BCUT2D eigenvalue weighted by atomic mass is 19.4.